The Morgan fingerprint density at radius 3 is 1.20 bits per heavy atom. The highest BCUT2D eigenvalue weighted by molar-refractivity contribution is 7.81. The first-order chi connectivity index (χ1) is 28.7. The van der Waals surface area contributed by atoms with Crippen LogP contribution < -0.4 is 51.9 Å². The molecular weight excluding hydrogens is 824 g/mol. The van der Waals surface area contributed by atoms with Gasteiger partial charge in [-0.2, -0.15) is 0 Å². The molecule has 6 rings (SSSR count). The SMILES string of the molecule is COc1c(C)cc(P(c2cc(C)c(OCC(C)(C)[P+](=O)c3ccccc3P(c3cc(C)cc(C)c3)c3cc(C)cc(C)c3)c(C)c2)c2ccccc2[P+](=O)C(C)(C)C)cc1C. The summed E-state index contributed by atoms with van der Waals surface area (Å²) < 4.78 is 41.8. The molecule has 0 saturated carbocycles. The fraction of sp³-hybridized carbons (Fsp3) is 0.321. The summed E-state index contributed by atoms with van der Waals surface area (Å²) in [5, 5.41) is 7.83. The molecule has 3 unspecified atom stereocenters. The number of methoxy groups -OCH3 is 1. The minimum Gasteiger partial charge on any atom is -0.496 e. The van der Waals surface area contributed by atoms with Gasteiger partial charge in [-0.25, -0.2) is 0 Å². The maximum Gasteiger partial charge on any atom is 0.386 e. The molecule has 0 heterocycles. The van der Waals surface area contributed by atoms with Crippen LogP contribution in [0, 0.1) is 55.4 Å². The van der Waals surface area contributed by atoms with Crippen LogP contribution in [0.2, 0.25) is 0 Å². The first-order valence-corrected chi connectivity index (χ1v) is 26.2. The molecule has 0 radical (unpaired) electrons. The molecule has 8 heteroatoms. The quantitative estimate of drug-likeness (QED) is 0.108. The van der Waals surface area contributed by atoms with Crippen LogP contribution in [-0.2, 0) is 9.13 Å². The second kappa shape index (κ2) is 18.8. The summed E-state index contributed by atoms with van der Waals surface area (Å²) >= 11 is 0. The molecule has 0 amide bonds. The van der Waals surface area contributed by atoms with E-state index in [4.69, 9.17) is 9.47 Å². The van der Waals surface area contributed by atoms with Crippen LogP contribution >= 0.6 is 31.4 Å². The fourth-order valence-corrected chi connectivity index (χ4v) is 17.4. The van der Waals surface area contributed by atoms with Gasteiger partial charge in [0.15, 0.2) is 20.9 Å². The molecule has 3 atom stereocenters. The van der Waals surface area contributed by atoms with Crippen molar-refractivity contribution in [1.29, 1.82) is 0 Å². The van der Waals surface area contributed by atoms with E-state index >= 15 is 4.57 Å². The van der Waals surface area contributed by atoms with Gasteiger partial charge in [0.05, 0.1) is 7.11 Å². The van der Waals surface area contributed by atoms with Crippen LogP contribution in [0.4, 0.5) is 0 Å². The molecule has 61 heavy (non-hydrogen) atoms. The topological polar surface area (TPSA) is 52.6 Å². The summed E-state index contributed by atoms with van der Waals surface area (Å²) in [6.07, 6.45) is 0. The number of rotatable bonds is 13. The zero-order valence-electron chi connectivity index (χ0n) is 38.5. The van der Waals surface area contributed by atoms with Gasteiger partial charge in [0.1, 0.15) is 18.1 Å². The highest BCUT2D eigenvalue weighted by Gasteiger charge is 2.45. The standard InChI is InChI=1S/C53H62O4P4/c1-34-23-35(2)26-42(25-34)58(43-27-36(3)24-37(4)28-43)47-20-16-18-22-49(47)61(55)53(12,13)33-57-51-40(7)31-45(32-41(51)8)59(44-29-38(5)50(56-14)39(6)30-44)46-19-15-17-21-48(46)60(54)52(9,10)11/h15-32H,33H2,1-14H3/q+2. The van der Waals surface area contributed by atoms with E-state index in [0.717, 1.165) is 60.3 Å². The monoisotopic (exact) mass is 886 g/mol. The molecule has 0 aromatic heterocycles. The minimum atomic E-state index is -1.90. The van der Waals surface area contributed by atoms with Gasteiger partial charge in [0.25, 0.3) is 0 Å². The first-order valence-electron chi connectivity index (χ1n) is 21.0. The van der Waals surface area contributed by atoms with E-state index in [1.807, 2.05) is 18.2 Å². The van der Waals surface area contributed by atoms with Gasteiger partial charge in [-0.15, -0.1) is 0 Å². The molecule has 0 bridgehead atoms. The predicted molar refractivity (Wildman–Crippen MR) is 269 cm³/mol. The maximum absolute atomic E-state index is 15.1. The fourth-order valence-electron chi connectivity index (χ4n) is 8.32. The predicted octanol–water partition coefficient (Wildman–Crippen LogP) is 11.2. The largest absolute Gasteiger partial charge is 0.496 e. The zero-order valence-corrected chi connectivity index (χ0v) is 42.1. The number of ether oxygens (including phenoxy) is 2. The Morgan fingerprint density at radius 2 is 0.820 bits per heavy atom. The molecule has 0 spiro atoms. The molecule has 0 aliphatic carbocycles. The molecule has 6 aromatic rings. The van der Waals surface area contributed by atoms with E-state index in [-0.39, 0.29) is 6.61 Å². The summed E-state index contributed by atoms with van der Waals surface area (Å²) in [6.45, 7) is 27.6. The molecule has 0 saturated heterocycles. The van der Waals surface area contributed by atoms with Crippen molar-refractivity contribution >= 4 is 73.9 Å². The first kappa shape index (κ1) is 46.5. The number of benzene rings is 6. The second-order valence-electron chi connectivity index (χ2n) is 18.2. The van der Waals surface area contributed by atoms with Crippen molar-refractivity contribution < 1.29 is 18.6 Å². The van der Waals surface area contributed by atoms with Crippen LogP contribution in [0.1, 0.15) is 79.1 Å². The van der Waals surface area contributed by atoms with E-state index in [9.17, 15) is 4.57 Å². The Morgan fingerprint density at radius 1 is 0.475 bits per heavy atom. The molecule has 6 aromatic carbocycles. The lowest BCUT2D eigenvalue weighted by molar-refractivity contribution is 0.279. The maximum atomic E-state index is 15.1. The summed E-state index contributed by atoms with van der Waals surface area (Å²) in [5.74, 6) is 1.70. The number of aryl methyl sites for hydroxylation is 8. The second-order valence-corrected chi connectivity index (χ2v) is 27.3. The lowest BCUT2D eigenvalue weighted by Gasteiger charge is -2.25. The van der Waals surface area contributed by atoms with Gasteiger partial charge in [-0.05, 0) is 198 Å². The summed E-state index contributed by atoms with van der Waals surface area (Å²) in [5.41, 5.74) is 9.09. The molecule has 0 aliphatic rings. The van der Waals surface area contributed by atoms with Crippen molar-refractivity contribution in [2.75, 3.05) is 13.7 Å². The summed E-state index contributed by atoms with van der Waals surface area (Å²) in [7, 11) is -3.97. The molecule has 4 nitrogen and oxygen atoms in total. The third-order valence-electron chi connectivity index (χ3n) is 11.0. The average molecular weight is 887 g/mol. The third-order valence-corrected chi connectivity index (χ3v) is 20.2. The van der Waals surface area contributed by atoms with Crippen LogP contribution in [0.15, 0.2) is 109 Å². The van der Waals surface area contributed by atoms with E-state index in [0.29, 0.717) is 0 Å². The van der Waals surface area contributed by atoms with Gasteiger partial charge < -0.3 is 9.47 Å². The van der Waals surface area contributed by atoms with E-state index in [2.05, 4.69) is 181 Å². The Balaban J connectivity index is 1.38. The van der Waals surface area contributed by atoms with Gasteiger partial charge in [-0.1, -0.05) is 92.0 Å². The van der Waals surface area contributed by atoms with Crippen molar-refractivity contribution in [1.82, 2.24) is 0 Å². The molecule has 0 fully saturated rings. The van der Waals surface area contributed by atoms with Crippen molar-refractivity contribution in [3.63, 3.8) is 0 Å². The van der Waals surface area contributed by atoms with Gasteiger partial charge in [0.2, 0.25) is 0 Å². The van der Waals surface area contributed by atoms with Gasteiger partial charge in [0, 0.05) is 10.6 Å². The van der Waals surface area contributed by atoms with E-state index in [1.165, 1.54) is 38.2 Å². The zero-order chi connectivity index (χ0) is 44.6. The smallest absolute Gasteiger partial charge is 0.386 e. The van der Waals surface area contributed by atoms with Crippen molar-refractivity contribution in [2.45, 2.75) is 100 Å². The van der Waals surface area contributed by atoms with Crippen LogP contribution in [0.5, 0.6) is 11.5 Å². The Kier molecular flexibility index (Phi) is 14.3. The highest BCUT2D eigenvalue weighted by atomic mass is 31.1. The van der Waals surface area contributed by atoms with Crippen molar-refractivity contribution in [2.24, 2.45) is 0 Å². The van der Waals surface area contributed by atoms with Crippen molar-refractivity contribution in [3.8, 4) is 11.5 Å². The molecular formula is C53H62O4P4+2. The lowest BCUT2D eigenvalue weighted by atomic mass is 10.1. The van der Waals surface area contributed by atoms with Crippen LogP contribution in [0.25, 0.3) is 0 Å². The summed E-state index contributed by atoms with van der Waals surface area (Å²) in [4.78, 5) is 0. The van der Waals surface area contributed by atoms with Crippen LogP contribution in [0.3, 0.4) is 0 Å². The van der Waals surface area contributed by atoms with E-state index < -0.39 is 41.8 Å². The Hall–Kier alpha value is -4.02. The number of hydrogen-bond acceptors (Lipinski definition) is 4. The summed E-state index contributed by atoms with van der Waals surface area (Å²) in [6, 6.07) is 39.2. The van der Waals surface area contributed by atoms with Gasteiger partial charge >= 0.3 is 15.6 Å². The minimum absolute atomic E-state index is 0.281. The number of hydrogen-bond donors (Lipinski definition) is 0. The highest BCUT2D eigenvalue weighted by Crippen LogP contribution is 2.45. The third kappa shape index (κ3) is 10.3. The molecule has 0 N–H and O–H groups in total. The lowest BCUT2D eigenvalue weighted by Crippen LogP contribution is -2.35. The normalized spacial score (nSPS) is 13.0. The molecule has 0 aliphatic heterocycles. The van der Waals surface area contributed by atoms with Crippen molar-refractivity contribution in [3.05, 3.63) is 154 Å². The molecule has 316 valence electrons. The Labute approximate surface area is 370 Å². The Bertz CT molecular complexity index is 2500. The van der Waals surface area contributed by atoms with E-state index in [1.54, 1.807) is 7.11 Å². The van der Waals surface area contributed by atoms with Gasteiger partial charge in [-0.3, -0.25) is 0 Å². The average Bonchev–Trinajstić information content (AvgIpc) is 3.16. The van der Waals surface area contributed by atoms with Crippen LogP contribution in [-0.4, -0.2) is 24.0 Å².